The third-order valence-electron chi connectivity index (χ3n) is 2.44. The number of nitrogens with zero attached hydrogens (tertiary/aromatic N) is 1. The van der Waals surface area contributed by atoms with Crippen LogP contribution in [0.2, 0.25) is 0 Å². The smallest absolute Gasteiger partial charge is 0.325 e. The van der Waals surface area contributed by atoms with Gasteiger partial charge in [0.1, 0.15) is 12.4 Å². The van der Waals surface area contributed by atoms with E-state index in [0.29, 0.717) is 0 Å². The molecule has 6 heteroatoms. The van der Waals surface area contributed by atoms with Crippen LogP contribution in [0.25, 0.3) is 0 Å². The van der Waals surface area contributed by atoms with Crippen molar-refractivity contribution in [2.75, 3.05) is 19.7 Å². The molecule has 4 nitrogen and oxygen atoms in total. The fourth-order valence-corrected chi connectivity index (χ4v) is 1.94. The minimum absolute atomic E-state index is 0.106. The van der Waals surface area contributed by atoms with Crippen LogP contribution in [0.15, 0.2) is 35.3 Å². The summed E-state index contributed by atoms with van der Waals surface area (Å²) in [5, 5.41) is 0. The zero-order chi connectivity index (χ0) is 15.1. The number of amides is 1. The third kappa shape index (κ3) is 4.16. The van der Waals surface area contributed by atoms with Gasteiger partial charge in [-0.05, 0) is 35.0 Å². The average Bonchev–Trinajstić information content (AvgIpc) is 2.41. The minimum atomic E-state index is -0.657. The molecule has 0 saturated heterocycles. The van der Waals surface area contributed by atoms with E-state index >= 15 is 0 Å². The Balaban J connectivity index is 2.96. The molecule has 0 unspecified atom stereocenters. The normalized spacial score (nSPS) is 9.95. The quantitative estimate of drug-likeness (QED) is 0.589. The second-order valence-corrected chi connectivity index (χ2v) is 4.74. The lowest BCUT2D eigenvalue weighted by molar-refractivity contribution is -0.143. The Labute approximate surface area is 125 Å². The maximum Gasteiger partial charge on any atom is 0.325 e. The molecule has 108 valence electrons. The number of benzene rings is 1. The molecule has 1 rings (SSSR count). The van der Waals surface area contributed by atoms with Gasteiger partial charge in [-0.1, -0.05) is 12.1 Å². The van der Waals surface area contributed by atoms with Gasteiger partial charge < -0.3 is 9.64 Å². The van der Waals surface area contributed by atoms with E-state index in [-0.39, 0.29) is 29.7 Å². The Bertz CT molecular complexity index is 519. The summed E-state index contributed by atoms with van der Waals surface area (Å²) in [4.78, 5) is 24.9. The molecule has 0 radical (unpaired) electrons. The van der Waals surface area contributed by atoms with Gasteiger partial charge in [0.05, 0.1) is 16.6 Å². The monoisotopic (exact) mass is 343 g/mol. The number of hydrogen-bond donors (Lipinski definition) is 0. The van der Waals surface area contributed by atoms with Crippen molar-refractivity contribution in [2.45, 2.75) is 6.92 Å². The SMILES string of the molecule is C=CCN(CC(=O)OCC)C(=O)c1cccc(Br)c1F. The van der Waals surface area contributed by atoms with Crippen LogP contribution in [0.5, 0.6) is 0 Å². The van der Waals surface area contributed by atoms with Crippen LogP contribution in [0.3, 0.4) is 0 Å². The standard InChI is InChI=1S/C14H15BrFNO3/c1-3-8-17(9-12(18)20-4-2)14(19)10-6-5-7-11(15)13(10)16/h3,5-7H,1,4,8-9H2,2H3. The lowest BCUT2D eigenvalue weighted by Gasteiger charge is -2.20. The Morgan fingerprint density at radius 3 is 2.80 bits per heavy atom. The van der Waals surface area contributed by atoms with Crippen LogP contribution < -0.4 is 0 Å². The van der Waals surface area contributed by atoms with Crippen LogP contribution >= 0.6 is 15.9 Å². The summed E-state index contributed by atoms with van der Waals surface area (Å²) in [5.74, 6) is -1.79. The lowest BCUT2D eigenvalue weighted by atomic mass is 10.2. The second kappa shape index (κ2) is 7.79. The zero-order valence-corrected chi connectivity index (χ0v) is 12.7. The molecular formula is C14H15BrFNO3. The Kier molecular flexibility index (Phi) is 6.38. The van der Waals surface area contributed by atoms with E-state index in [1.165, 1.54) is 23.1 Å². The largest absolute Gasteiger partial charge is 0.465 e. The van der Waals surface area contributed by atoms with Gasteiger partial charge in [-0.15, -0.1) is 6.58 Å². The number of hydrogen-bond acceptors (Lipinski definition) is 3. The van der Waals surface area contributed by atoms with E-state index in [9.17, 15) is 14.0 Å². The number of carbonyl (C=O) groups excluding carboxylic acids is 2. The summed E-state index contributed by atoms with van der Waals surface area (Å²) in [7, 11) is 0. The molecule has 0 spiro atoms. The van der Waals surface area contributed by atoms with Crippen molar-refractivity contribution in [2.24, 2.45) is 0 Å². The first-order valence-corrected chi connectivity index (χ1v) is 6.80. The average molecular weight is 344 g/mol. The van der Waals surface area contributed by atoms with E-state index in [1.54, 1.807) is 13.0 Å². The predicted octanol–water partition coefficient (Wildman–Crippen LogP) is 2.78. The first kappa shape index (κ1) is 16.4. The van der Waals surface area contributed by atoms with Crippen molar-refractivity contribution < 1.29 is 18.7 Å². The van der Waals surface area contributed by atoms with E-state index in [0.717, 1.165) is 0 Å². The lowest BCUT2D eigenvalue weighted by Crippen LogP contribution is -2.37. The molecule has 1 amide bonds. The van der Waals surface area contributed by atoms with E-state index in [2.05, 4.69) is 22.5 Å². The van der Waals surface area contributed by atoms with E-state index < -0.39 is 17.7 Å². The molecule has 20 heavy (non-hydrogen) atoms. The molecule has 0 saturated carbocycles. The highest BCUT2D eigenvalue weighted by molar-refractivity contribution is 9.10. The van der Waals surface area contributed by atoms with Gasteiger partial charge in [-0.3, -0.25) is 9.59 Å². The molecule has 1 aromatic rings. The van der Waals surface area contributed by atoms with Crippen molar-refractivity contribution in [3.05, 3.63) is 46.7 Å². The number of carbonyl (C=O) groups is 2. The molecule has 0 aliphatic carbocycles. The van der Waals surface area contributed by atoms with Gasteiger partial charge in [0.15, 0.2) is 0 Å². The highest BCUT2D eigenvalue weighted by atomic mass is 79.9. The van der Waals surface area contributed by atoms with Crippen LogP contribution in [0, 0.1) is 5.82 Å². The molecular weight excluding hydrogens is 329 g/mol. The summed E-state index contributed by atoms with van der Waals surface area (Å²) >= 11 is 3.02. The molecule has 0 bridgehead atoms. The Morgan fingerprint density at radius 2 is 2.20 bits per heavy atom. The Hall–Kier alpha value is -1.69. The van der Waals surface area contributed by atoms with Crippen molar-refractivity contribution in [3.63, 3.8) is 0 Å². The van der Waals surface area contributed by atoms with Gasteiger partial charge in [0, 0.05) is 6.54 Å². The molecule has 0 aliphatic heterocycles. The van der Waals surface area contributed by atoms with Crippen molar-refractivity contribution in [1.82, 2.24) is 4.90 Å². The maximum atomic E-state index is 13.9. The second-order valence-electron chi connectivity index (χ2n) is 3.88. The minimum Gasteiger partial charge on any atom is -0.465 e. The summed E-state index contributed by atoms with van der Waals surface area (Å²) in [6.45, 7) is 5.30. The number of rotatable bonds is 6. The fraction of sp³-hybridized carbons (Fsp3) is 0.286. The molecule has 0 atom stereocenters. The molecule has 0 fully saturated rings. The van der Waals surface area contributed by atoms with Gasteiger partial charge in [-0.25, -0.2) is 4.39 Å². The van der Waals surface area contributed by atoms with Gasteiger partial charge in [-0.2, -0.15) is 0 Å². The highest BCUT2D eigenvalue weighted by Crippen LogP contribution is 2.20. The number of halogens is 2. The zero-order valence-electron chi connectivity index (χ0n) is 11.1. The topological polar surface area (TPSA) is 46.6 Å². The summed E-state index contributed by atoms with van der Waals surface area (Å²) < 4.78 is 18.9. The molecule has 0 N–H and O–H groups in total. The first-order chi connectivity index (χ1) is 9.51. The molecule has 0 aromatic heterocycles. The number of ether oxygens (including phenoxy) is 1. The summed E-state index contributed by atoms with van der Waals surface area (Å²) in [6.07, 6.45) is 1.47. The fourth-order valence-electron chi connectivity index (χ4n) is 1.58. The van der Waals surface area contributed by atoms with Crippen molar-refractivity contribution in [3.8, 4) is 0 Å². The first-order valence-electron chi connectivity index (χ1n) is 6.01. The summed E-state index contributed by atoms with van der Waals surface area (Å²) in [5.41, 5.74) is -0.106. The summed E-state index contributed by atoms with van der Waals surface area (Å²) in [6, 6.07) is 4.41. The van der Waals surface area contributed by atoms with E-state index in [4.69, 9.17) is 4.74 Å². The predicted molar refractivity (Wildman–Crippen MR) is 76.8 cm³/mol. The third-order valence-corrected chi connectivity index (χ3v) is 3.06. The van der Waals surface area contributed by atoms with Crippen LogP contribution in [-0.4, -0.2) is 36.5 Å². The van der Waals surface area contributed by atoms with Crippen molar-refractivity contribution >= 4 is 27.8 Å². The van der Waals surface area contributed by atoms with Gasteiger partial charge in [0.25, 0.3) is 5.91 Å². The van der Waals surface area contributed by atoms with Crippen LogP contribution in [-0.2, 0) is 9.53 Å². The maximum absolute atomic E-state index is 13.9. The molecule has 0 heterocycles. The Morgan fingerprint density at radius 1 is 1.50 bits per heavy atom. The van der Waals surface area contributed by atoms with E-state index in [1.807, 2.05) is 0 Å². The van der Waals surface area contributed by atoms with Crippen LogP contribution in [0.1, 0.15) is 17.3 Å². The number of esters is 1. The van der Waals surface area contributed by atoms with Crippen LogP contribution in [0.4, 0.5) is 4.39 Å². The molecule has 0 aliphatic rings. The van der Waals surface area contributed by atoms with Crippen molar-refractivity contribution in [1.29, 1.82) is 0 Å². The highest BCUT2D eigenvalue weighted by Gasteiger charge is 2.22. The molecule has 1 aromatic carbocycles. The van der Waals surface area contributed by atoms with Gasteiger partial charge >= 0.3 is 5.97 Å². The van der Waals surface area contributed by atoms with Gasteiger partial charge in [0.2, 0.25) is 0 Å².